The highest BCUT2D eigenvalue weighted by Gasteiger charge is 2.07. The zero-order valence-electron chi connectivity index (χ0n) is 9.21. The van der Waals surface area contributed by atoms with Crippen molar-refractivity contribution in [2.45, 2.75) is 19.6 Å². The van der Waals surface area contributed by atoms with Crippen LogP contribution in [0.25, 0.3) is 11.0 Å². The molecule has 0 aliphatic heterocycles. The van der Waals surface area contributed by atoms with E-state index in [4.69, 9.17) is 10.00 Å². The van der Waals surface area contributed by atoms with Gasteiger partial charge < -0.3 is 9.30 Å². The number of hydrogen-bond acceptors (Lipinski definition) is 4. The van der Waals surface area contributed by atoms with Crippen molar-refractivity contribution in [3.05, 3.63) is 24.3 Å². The van der Waals surface area contributed by atoms with Gasteiger partial charge in [0.25, 0.3) is 0 Å². The van der Waals surface area contributed by atoms with E-state index in [1.165, 1.54) is 0 Å². The number of hydrogen-bond donors (Lipinski definition) is 0. The third kappa shape index (κ3) is 1.88. The first-order valence-electron chi connectivity index (χ1n) is 4.98. The number of ether oxygens (including phenoxy) is 1. The number of imidazole rings is 1. The summed E-state index contributed by atoms with van der Waals surface area (Å²) in [5.41, 5.74) is 2.09. The number of nitriles is 1. The Labute approximate surface area is 93.3 Å². The summed E-state index contributed by atoms with van der Waals surface area (Å²) in [5.74, 6) is 0. The highest BCUT2D eigenvalue weighted by atomic mass is 16.5. The highest BCUT2D eigenvalue weighted by molar-refractivity contribution is 5.75. The lowest BCUT2D eigenvalue weighted by molar-refractivity contribution is 0.104. The molecule has 5 heteroatoms. The molecule has 1 atom stereocenters. The molecule has 2 heterocycles. The average molecular weight is 216 g/mol. The van der Waals surface area contributed by atoms with Gasteiger partial charge in [-0.15, -0.1) is 0 Å². The van der Waals surface area contributed by atoms with Gasteiger partial charge in [0.05, 0.1) is 36.2 Å². The Balaban J connectivity index is 2.39. The second kappa shape index (κ2) is 4.29. The van der Waals surface area contributed by atoms with Crippen LogP contribution in [0.3, 0.4) is 0 Å². The van der Waals surface area contributed by atoms with Gasteiger partial charge in [0.15, 0.2) is 0 Å². The molecule has 0 fully saturated rings. The van der Waals surface area contributed by atoms with Crippen molar-refractivity contribution in [2.24, 2.45) is 0 Å². The molecule has 0 aliphatic rings. The molecule has 0 aromatic carbocycles. The van der Waals surface area contributed by atoms with Gasteiger partial charge >= 0.3 is 0 Å². The first kappa shape index (κ1) is 10.6. The third-order valence-corrected chi connectivity index (χ3v) is 2.48. The summed E-state index contributed by atoms with van der Waals surface area (Å²) in [6.45, 7) is 2.71. The molecule has 0 N–H and O–H groups in total. The summed E-state index contributed by atoms with van der Waals surface area (Å²) in [6, 6.07) is 3.68. The number of rotatable bonds is 3. The molecule has 5 nitrogen and oxygen atoms in total. The normalized spacial score (nSPS) is 12.6. The van der Waals surface area contributed by atoms with E-state index in [1.807, 2.05) is 17.6 Å². The summed E-state index contributed by atoms with van der Waals surface area (Å²) < 4.78 is 7.17. The van der Waals surface area contributed by atoms with Crippen LogP contribution >= 0.6 is 0 Å². The fraction of sp³-hybridized carbons (Fsp3) is 0.364. The highest BCUT2D eigenvalue weighted by Crippen LogP contribution is 2.13. The fourth-order valence-corrected chi connectivity index (χ4v) is 1.51. The van der Waals surface area contributed by atoms with Crippen molar-refractivity contribution in [3.8, 4) is 6.07 Å². The largest absolute Gasteiger partial charge is 0.380 e. The van der Waals surface area contributed by atoms with Crippen LogP contribution in [0, 0.1) is 11.3 Å². The van der Waals surface area contributed by atoms with Gasteiger partial charge in [-0.05, 0) is 6.92 Å². The lowest BCUT2D eigenvalue weighted by Gasteiger charge is -2.10. The van der Waals surface area contributed by atoms with Crippen LogP contribution in [0.15, 0.2) is 18.6 Å². The molecule has 2 rings (SSSR count). The maximum absolute atomic E-state index is 8.72. The lowest BCUT2D eigenvalue weighted by Crippen LogP contribution is -2.13. The zero-order valence-corrected chi connectivity index (χ0v) is 9.21. The summed E-state index contributed by atoms with van der Waals surface area (Å²) in [6.07, 6.45) is 3.53. The first-order valence-corrected chi connectivity index (χ1v) is 4.98. The number of pyridine rings is 1. The second-order valence-corrected chi connectivity index (χ2v) is 3.61. The van der Waals surface area contributed by atoms with E-state index in [9.17, 15) is 0 Å². The molecule has 0 aliphatic carbocycles. The molecule has 16 heavy (non-hydrogen) atoms. The average Bonchev–Trinajstić information content (AvgIpc) is 2.71. The Morgan fingerprint density at radius 1 is 1.56 bits per heavy atom. The van der Waals surface area contributed by atoms with Gasteiger partial charge in [-0.25, -0.2) is 9.97 Å². The maximum atomic E-state index is 8.72. The summed E-state index contributed by atoms with van der Waals surface area (Å²) in [4.78, 5) is 8.26. The number of aromatic nitrogens is 3. The van der Waals surface area contributed by atoms with Crippen molar-refractivity contribution in [1.82, 2.24) is 14.5 Å². The van der Waals surface area contributed by atoms with Gasteiger partial charge in [0, 0.05) is 13.2 Å². The minimum Gasteiger partial charge on any atom is -0.380 e. The molecule has 82 valence electrons. The van der Waals surface area contributed by atoms with Crippen molar-refractivity contribution >= 4 is 11.0 Å². The van der Waals surface area contributed by atoms with Gasteiger partial charge in [-0.2, -0.15) is 5.26 Å². The first-order chi connectivity index (χ1) is 7.74. The van der Waals surface area contributed by atoms with Crippen LogP contribution in [-0.2, 0) is 11.3 Å². The SMILES string of the molecule is CO[C@@H](C)Cn1cnc2cc(C#N)ncc21. The van der Waals surface area contributed by atoms with Crippen LogP contribution < -0.4 is 0 Å². The van der Waals surface area contributed by atoms with Crippen molar-refractivity contribution < 1.29 is 4.74 Å². The van der Waals surface area contributed by atoms with Gasteiger partial charge in [-0.1, -0.05) is 0 Å². The molecule has 0 radical (unpaired) electrons. The predicted octanol–water partition coefficient (Wildman–Crippen LogP) is 1.34. The summed E-state index contributed by atoms with van der Waals surface area (Å²) in [5, 5.41) is 8.72. The molecule has 0 saturated heterocycles. The van der Waals surface area contributed by atoms with Crippen LogP contribution in [0.1, 0.15) is 12.6 Å². The van der Waals surface area contributed by atoms with Crippen molar-refractivity contribution in [3.63, 3.8) is 0 Å². The van der Waals surface area contributed by atoms with Crippen LogP contribution in [0.2, 0.25) is 0 Å². The zero-order chi connectivity index (χ0) is 11.5. The minimum absolute atomic E-state index is 0.119. The fourth-order valence-electron chi connectivity index (χ4n) is 1.51. The topological polar surface area (TPSA) is 63.7 Å². The van der Waals surface area contributed by atoms with E-state index in [2.05, 4.69) is 9.97 Å². The van der Waals surface area contributed by atoms with Crippen LogP contribution in [-0.4, -0.2) is 27.7 Å². The molecular formula is C11H12N4O. The monoisotopic (exact) mass is 216 g/mol. The Morgan fingerprint density at radius 2 is 2.38 bits per heavy atom. The Morgan fingerprint density at radius 3 is 3.06 bits per heavy atom. The predicted molar refractivity (Wildman–Crippen MR) is 58.7 cm³/mol. The quantitative estimate of drug-likeness (QED) is 0.776. The van der Waals surface area contributed by atoms with E-state index in [0.717, 1.165) is 17.6 Å². The minimum atomic E-state index is 0.119. The molecule has 0 spiro atoms. The number of fused-ring (bicyclic) bond motifs is 1. The van der Waals surface area contributed by atoms with Gasteiger partial charge in [0.2, 0.25) is 0 Å². The Kier molecular flexibility index (Phi) is 2.84. The standard InChI is InChI=1S/C11H12N4O/c1-8(16-2)6-15-7-14-10-3-9(4-12)13-5-11(10)15/h3,5,7-8H,6H2,1-2H3/t8-/m0/s1. The van der Waals surface area contributed by atoms with Gasteiger partial charge in [0.1, 0.15) is 11.8 Å². The van der Waals surface area contributed by atoms with E-state index < -0.39 is 0 Å². The van der Waals surface area contributed by atoms with Crippen molar-refractivity contribution in [1.29, 1.82) is 5.26 Å². The molecule has 0 bridgehead atoms. The molecular weight excluding hydrogens is 204 g/mol. The summed E-state index contributed by atoms with van der Waals surface area (Å²) >= 11 is 0. The molecule has 2 aromatic heterocycles. The van der Waals surface area contributed by atoms with E-state index in [-0.39, 0.29) is 6.10 Å². The smallest absolute Gasteiger partial charge is 0.142 e. The van der Waals surface area contributed by atoms with Crippen molar-refractivity contribution in [2.75, 3.05) is 7.11 Å². The lowest BCUT2D eigenvalue weighted by atomic mass is 10.3. The molecule has 0 saturated carbocycles. The molecule has 0 unspecified atom stereocenters. The second-order valence-electron chi connectivity index (χ2n) is 3.61. The Hall–Kier alpha value is -1.93. The van der Waals surface area contributed by atoms with E-state index in [0.29, 0.717) is 5.69 Å². The van der Waals surface area contributed by atoms with Crippen LogP contribution in [0.5, 0.6) is 0 Å². The summed E-state index contributed by atoms with van der Waals surface area (Å²) in [7, 11) is 1.68. The van der Waals surface area contributed by atoms with E-state index in [1.54, 1.807) is 25.7 Å². The third-order valence-electron chi connectivity index (χ3n) is 2.48. The van der Waals surface area contributed by atoms with Crippen LogP contribution in [0.4, 0.5) is 0 Å². The molecule has 0 amide bonds. The number of methoxy groups -OCH3 is 1. The van der Waals surface area contributed by atoms with Gasteiger partial charge in [-0.3, -0.25) is 0 Å². The number of nitrogens with zero attached hydrogens (tertiary/aromatic N) is 4. The Bertz CT molecular complexity index is 540. The molecule has 2 aromatic rings. The maximum Gasteiger partial charge on any atom is 0.142 e. The van der Waals surface area contributed by atoms with E-state index >= 15 is 0 Å².